The summed E-state index contributed by atoms with van der Waals surface area (Å²) in [6.07, 6.45) is 1.57. The fourth-order valence-electron chi connectivity index (χ4n) is 9.14. The Hall–Kier alpha value is -4.73. The van der Waals surface area contributed by atoms with Crippen molar-refractivity contribution in [3.8, 4) is 5.75 Å². The minimum absolute atomic E-state index is 0.0211. The van der Waals surface area contributed by atoms with Crippen LogP contribution in [0.1, 0.15) is 117 Å². The summed E-state index contributed by atoms with van der Waals surface area (Å²) in [6, 6.07) is 0.683. The second-order valence-electron chi connectivity index (χ2n) is 17.6. The minimum atomic E-state index is -2.64. The van der Waals surface area contributed by atoms with Gasteiger partial charge in [0.25, 0.3) is 11.7 Å². The molecule has 6 rings (SSSR count). The van der Waals surface area contributed by atoms with Gasteiger partial charge >= 0.3 is 5.97 Å². The first-order valence-corrected chi connectivity index (χ1v) is 22.2. The van der Waals surface area contributed by atoms with Gasteiger partial charge in [0.1, 0.15) is 24.5 Å². The van der Waals surface area contributed by atoms with E-state index in [9.17, 15) is 49.5 Å². The zero-order chi connectivity index (χ0) is 45.3. The number of carboxylic acids is 1. The molecule has 9 N–H and O–H groups in total. The number of carbonyl (C=O) groups excluding carboxylic acids is 4. The van der Waals surface area contributed by atoms with Crippen LogP contribution in [0.3, 0.4) is 0 Å². The molecule has 2 saturated heterocycles. The number of aryl methyl sites for hydroxylation is 2. The molecule has 4 amide bonds. The summed E-state index contributed by atoms with van der Waals surface area (Å²) >= 11 is 0. The molecule has 2 aliphatic carbocycles. The Morgan fingerprint density at radius 1 is 0.905 bits per heavy atom. The summed E-state index contributed by atoms with van der Waals surface area (Å²) in [7, 11) is 0. The number of aliphatic carboxylic acids is 1. The Balaban J connectivity index is 1.16. The van der Waals surface area contributed by atoms with Gasteiger partial charge in [0, 0.05) is 50.3 Å². The van der Waals surface area contributed by atoms with Gasteiger partial charge in [-0.2, -0.15) is 0 Å². The second-order valence-corrected chi connectivity index (χ2v) is 17.6. The highest BCUT2D eigenvalue weighted by Gasteiger charge is 2.57. The molecule has 8 atom stereocenters. The number of ether oxygens (including phenoxy) is 3. The third-order valence-electron chi connectivity index (χ3n) is 12.7. The van der Waals surface area contributed by atoms with Gasteiger partial charge in [-0.25, -0.2) is 9.48 Å². The minimum Gasteiger partial charge on any atom is -0.507 e. The number of aromatic nitrogens is 3. The van der Waals surface area contributed by atoms with Crippen molar-refractivity contribution in [3.05, 3.63) is 40.7 Å². The smallest absolute Gasteiger partial charge is 0.364 e. The van der Waals surface area contributed by atoms with Gasteiger partial charge in [0.15, 0.2) is 0 Å². The van der Waals surface area contributed by atoms with Gasteiger partial charge in [0.05, 0.1) is 42.6 Å². The standard InChI is InChI=1S/C43H63N7O13/c1-24-16-28(17-25(2)38(24)56)41(58)45-20-32(52)39(57)40-37(47-36(55)23-50-22-30(48-49-50)27-8-4-3-5-9-27)31(51)19-43(63-40,42(59)60)62-33-11-7-6-10-29(33)46-35(54)21-44-34(53)18-26-12-14-61-15-13-26/h16-17,22,26-27,29,31-33,37,39-40,51-52,56-57H,3-15,18-21,23H2,1-2H3,(H,44,53)(H,45,58)(H,46,54)(H,47,55)(H,59,60)/t29?,31-,32+,33?,37+,39+,40?,43+/m0/s1. The van der Waals surface area contributed by atoms with Crippen molar-refractivity contribution in [1.82, 2.24) is 36.3 Å². The van der Waals surface area contributed by atoms with Gasteiger partial charge in [-0.3, -0.25) is 19.2 Å². The highest BCUT2D eigenvalue weighted by Crippen LogP contribution is 2.37. The van der Waals surface area contributed by atoms with E-state index in [1.165, 1.54) is 16.8 Å². The lowest BCUT2D eigenvalue weighted by Crippen LogP contribution is -2.69. The van der Waals surface area contributed by atoms with Crippen LogP contribution in [0, 0.1) is 19.8 Å². The molecule has 63 heavy (non-hydrogen) atoms. The number of nitrogens with zero attached hydrogens (tertiary/aromatic N) is 3. The molecule has 0 radical (unpaired) electrons. The van der Waals surface area contributed by atoms with Crippen LogP contribution in [0.15, 0.2) is 18.3 Å². The van der Waals surface area contributed by atoms with Gasteiger partial charge < -0.3 is 61.0 Å². The first kappa shape index (κ1) is 47.7. The van der Waals surface area contributed by atoms with Gasteiger partial charge in [-0.1, -0.05) is 37.3 Å². The van der Waals surface area contributed by atoms with E-state index >= 15 is 0 Å². The lowest BCUT2D eigenvalue weighted by molar-refractivity contribution is -0.325. The Morgan fingerprint density at radius 2 is 1.59 bits per heavy atom. The molecule has 0 spiro atoms. The summed E-state index contributed by atoms with van der Waals surface area (Å²) in [5, 5.41) is 74.6. The molecule has 3 unspecified atom stereocenters. The lowest BCUT2D eigenvalue weighted by atomic mass is 9.87. The summed E-state index contributed by atoms with van der Waals surface area (Å²) in [6.45, 7) is 3.19. The van der Waals surface area contributed by atoms with Gasteiger partial charge in [0.2, 0.25) is 17.7 Å². The van der Waals surface area contributed by atoms with Crippen LogP contribution < -0.4 is 21.3 Å². The number of hydrogen-bond donors (Lipinski definition) is 9. The molecule has 2 aromatic rings. The molecule has 0 bridgehead atoms. The molecule has 3 heterocycles. The first-order chi connectivity index (χ1) is 30.1. The van der Waals surface area contributed by atoms with Gasteiger partial charge in [-0.05, 0) is 81.5 Å². The van der Waals surface area contributed by atoms with Crippen LogP contribution in [0.5, 0.6) is 5.75 Å². The number of phenolic OH excluding ortho intramolecular Hbond substituents is 1. The zero-order valence-corrected chi connectivity index (χ0v) is 36.0. The van der Waals surface area contributed by atoms with E-state index in [-0.39, 0.29) is 55.0 Å². The number of carboxylic acid groups (broad SMARTS) is 1. The molecular weight excluding hydrogens is 823 g/mol. The van der Waals surface area contributed by atoms with Crippen molar-refractivity contribution >= 4 is 29.6 Å². The van der Waals surface area contributed by atoms with Crippen LogP contribution in [-0.2, 0) is 39.9 Å². The van der Waals surface area contributed by atoms with Crippen molar-refractivity contribution in [3.63, 3.8) is 0 Å². The SMILES string of the molecule is Cc1cc(C(=O)NC[C@@H](O)[C@@H](O)C2O[C@@](OC3CCCCC3NC(=O)CNC(=O)CC3CCOCC3)(C(=O)O)C[C@H](O)[C@H]2NC(=O)Cn2cc(C3CCCCC3)nn2)cc(C)c1O. The molecule has 4 aliphatic rings. The third kappa shape index (κ3) is 12.5. The van der Waals surface area contributed by atoms with Crippen molar-refractivity contribution in [2.24, 2.45) is 5.92 Å². The molecule has 1 aromatic carbocycles. The molecule has 348 valence electrons. The average molecular weight is 886 g/mol. The number of nitrogens with one attached hydrogen (secondary N) is 4. The van der Waals surface area contributed by atoms with E-state index in [2.05, 4.69) is 31.6 Å². The van der Waals surface area contributed by atoms with Crippen molar-refractivity contribution in [2.75, 3.05) is 26.3 Å². The summed E-state index contributed by atoms with van der Waals surface area (Å²) in [5.41, 5.74) is 1.81. The Kier molecular flexibility index (Phi) is 16.5. The largest absolute Gasteiger partial charge is 0.507 e. The number of amides is 4. The summed E-state index contributed by atoms with van der Waals surface area (Å²) in [5.74, 6) is -6.01. The normalized spacial score (nSPS) is 26.8. The lowest BCUT2D eigenvalue weighted by Gasteiger charge is -2.48. The van der Waals surface area contributed by atoms with Crippen LogP contribution in [0.2, 0.25) is 0 Å². The summed E-state index contributed by atoms with van der Waals surface area (Å²) in [4.78, 5) is 65.5. The maximum Gasteiger partial charge on any atom is 0.364 e. The van der Waals surface area contributed by atoms with E-state index in [0.717, 1.165) is 50.6 Å². The number of phenols is 1. The molecule has 1 aromatic heterocycles. The number of carbonyl (C=O) groups is 5. The van der Waals surface area contributed by atoms with E-state index in [0.29, 0.717) is 43.6 Å². The van der Waals surface area contributed by atoms with Crippen LogP contribution in [-0.4, -0.2) is 145 Å². The van der Waals surface area contributed by atoms with Crippen LogP contribution in [0.4, 0.5) is 0 Å². The Morgan fingerprint density at radius 3 is 2.29 bits per heavy atom. The topological polar surface area (TPSA) is 293 Å². The molecule has 20 nitrogen and oxygen atoms in total. The second kappa shape index (κ2) is 21.8. The highest BCUT2D eigenvalue weighted by molar-refractivity contribution is 5.95. The fourth-order valence-corrected chi connectivity index (χ4v) is 9.14. The predicted molar refractivity (Wildman–Crippen MR) is 222 cm³/mol. The highest BCUT2D eigenvalue weighted by atomic mass is 16.7. The molecule has 4 fully saturated rings. The van der Waals surface area contributed by atoms with Crippen molar-refractivity contribution in [1.29, 1.82) is 0 Å². The quantitative estimate of drug-likeness (QED) is 0.105. The zero-order valence-electron chi connectivity index (χ0n) is 36.0. The van der Waals surface area contributed by atoms with Crippen molar-refractivity contribution < 1.29 is 63.7 Å². The van der Waals surface area contributed by atoms with Crippen LogP contribution in [0.25, 0.3) is 0 Å². The van der Waals surface area contributed by atoms with E-state index < -0.39 is 85.0 Å². The molecule has 2 aliphatic heterocycles. The average Bonchev–Trinajstić information content (AvgIpc) is 3.73. The number of aliphatic hydroxyl groups is 3. The molecule has 20 heteroatoms. The third-order valence-corrected chi connectivity index (χ3v) is 12.7. The molecular formula is C43H63N7O13. The number of aliphatic hydroxyl groups excluding tert-OH is 3. The molecule has 2 saturated carbocycles. The van der Waals surface area contributed by atoms with E-state index in [1.54, 1.807) is 20.0 Å². The van der Waals surface area contributed by atoms with Crippen LogP contribution >= 0.6 is 0 Å². The number of hydrogen-bond acceptors (Lipinski definition) is 14. The van der Waals surface area contributed by atoms with Gasteiger partial charge in [-0.15, -0.1) is 5.10 Å². The maximum atomic E-state index is 13.5. The number of benzene rings is 1. The maximum absolute atomic E-state index is 13.5. The fraction of sp³-hybridized carbons (Fsp3) is 0.698. The Labute approximate surface area is 365 Å². The summed E-state index contributed by atoms with van der Waals surface area (Å²) < 4.78 is 19.0. The van der Waals surface area contributed by atoms with Crippen molar-refractivity contribution in [2.45, 2.75) is 158 Å². The number of aromatic hydroxyl groups is 1. The number of rotatable bonds is 17. The van der Waals surface area contributed by atoms with E-state index in [1.807, 2.05) is 0 Å². The Bertz CT molecular complexity index is 1900. The monoisotopic (exact) mass is 885 g/mol. The van der Waals surface area contributed by atoms with E-state index in [4.69, 9.17) is 14.2 Å². The predicted octanol–water partition coefficient (Wildman–Crippen LogP) is 0.592. The first-order valence-electron chi connectivity index (χ1n) is 22.2.